The molecule has 3 aromatic rings. The molecule has 0 spiro atoms. The molecule has 2 aliphatic rings. The van der Waals surface area contributed by atoms with E-state index >= 15 is 0 Å². The second-order valence-corrected chi connectivity index (χ2v) is 8.52. The topological polar surface area (TPSA) is 75.5 Å². The molecule has 1 aliphatic carbocycles. The minimum atomic E-state index is -1.04. The van der Waals surface area contributed by atoms with Gasteiger partial charge in [-0.2, -0.15) is 0 Å². The van der Waals surface area contributed by atoms with E-state index in [0.717, 1.165) is 38.0 Å². The van der Waals surface area contributed by atoms with Gasteiger partial charge in [0.25, 0.3) is 0 Å². The van der Waals surface area contributed by atoms with Gasteiger partial charge in [0.05, 0.1) is 11.7 Å². The van der Waals surface area contributed by atoms with Crippen LogP contribution in [-0.2, 0) is 19.4 Å². The average molecular weight is 430 g/mol. The summed E-state index contributed by atoms with van der Waals surface area (Å²) in [6, 6.07) is 16.7. The Morgan fingerprint density at radius 2 is 1.88 bits per heavy atom. The number of hydrogen-bond donors (Lipinski definition) is 1. The van der Waals surface area contributed by atoms with Crippen molar-refractivity contribution in [2.75, 3.05) is 11.4 Å². The highest BCUT2D eigenvalue weighted by molar-refractivity contribution is 5.88. The number of aromatic carboxylic acids is 1. The number of rotatable bonds is 6. The van der Waals surface area contributed by atoms with E-state index < -0.39 is 5.97 Å². The smallest absolute Gasteiger partial charge is 0.339 e. The van der Waals surface area contributed by atoms with Crippen LogP contribution in [0.3, 0.4) is 0 Å². The van der Waals surface area contributed by atoms with E-state index in [9.17, 15) is 9.90 Å². The Hall–Kier alpha value is -3.41. The molecular formula is C26H27N3O3. The van der Waals surface area contributed by atoms with Crippen LogP contribution in [0.4, 0.5) is 5.95 Å². The first-order valence-electron chi connectivity index (χ1n) is 11.3. The highest BCUT2D eigenvalue weighted by atomic mass is 16.5. The van der Waals surface area contributed by atoms with Crippen LogP contribution in [0.15, 0.2) is 54.7 Å². The number of benzene rings is 2. The van der Waals surface area contributed by atoms with Crippen LogP contribution in [0.2, 0.25) is 0 Å². The molecule has 6 heteroatoms. The van der Waals surface area contributed by atoms with Gasteiger partial charge in [0.1, 0.15) is 17.9 Å². The van der Waals surface area contributed by atoms with Crippen molar-refractivity contribution in [2.24, 2.45) is 0 Å². The molecule has 1 aromatic heterocycles. The number of hydrogen-bond acceptors (Lipinski definition) is 5. The zero-order chi connectivity index (χ0) is 21.9. The summed E-state index contributed by atoms with van der Waals surface area (Å²) < 4.78 is 6.01. The quantitative estimate of drug-likeness (QED) is 0.596. The van der Waals surface area contributed by atoms with Crippen molar-refractivity contribution in [1.29, 1.82) is 0 Å². The molecule has 164 valence electrons. The van der Waals surface area contributed by atoms with Gasteiger partial charge in [-0.05, 0) is 67.3 Å². The minimum absolute atomic E-state index is 0.0853. The van der Waals surface area contributed by atoms with E-state index in [4.69, 9.17) is 4.74 Å². The molecule has 2 heterocycles. The van der Waals surface area contributed by atoms with Gasteiger partial charge in [-0.1, -0.05) is 36.4 Å². The zero-order valence-electron chi connectivity index (χ0n) is 18.0. The fraction of sp³-hybridized carbons (Fsp3) is 0.346. The van der Waals surface area contributed by atoms with Crippen molar-refractivity contribution < 1.29 is 14.6 Å². The molecule has 1 N–H and O–H groups in total. The number of anilines is 1. The lowest BCUT2D eigenvalue weighted by atomic mass is 9.92. The zero-order valence-corrected chi connectivity index (χ0v) is 18.0. The third-order valence-corrected chi connectivity index (χ3v) is 6.47. The molecule has 1 atom stereocenters. The SMILES string of the molecule is O=C(O)c1cnc(N2CCCC2c2ccccc2)nc1COc1ccc2c(c1)CCCC2. The first-order valence-corrected chi connectivity index (χ1v) is 11.3. The van der Waals surface area contributed by atoms with Crippen molar-refractivity contribution in [1.82, 2.24) is 9.97 Å². The third-order valence-electron chi connectivity index (χ3n) is 6.47. The Kier molecular flexibility index (Phi) is 5.75. The number of nitrogens with zero attached hydrogens (tertiary/aromatic N) is 3. The molecule has 0 saturated carbocycles. The maximum Gasteiger partial charge on any atom is 0.339 e. The summed E-state index contributed by atoms with van der Waals surface area (Å²) in [5, 5.41) is 9.66. The summed E-state index contributed by atoms with van der Waals surface area (Å²) >= 11 is 0. The molecule has 0 bridgehead atoms. The van der Waals surface area contributed by atoms with E-state index in [1.165, 1.54) is 35.7 Å². The fourth-order valence-corrected chi connectivity index (χ4v) is 4.81. The van der Waals surface area contributed by atoms with Gasteiger partial charge in [-0.3, -0.25) is 0 Å². The average Bonchev–Trinajstić information content (AvgIpc) is 3.33. The molecule has 1 fully saturated rings. The summed E-state index contributed by atoms with van der Waals surface area (Å²) in [4.78, 5) is 23.0. The van der Waals surface area contributed by atoms with E-state index in [0.29, 0.717) is 11.6 Å². The van der Waals surface area contributed by atoms with E-state index in [2.05, 4.69) is 39.1 Å². The summed E-state index contributed by atoms with van der Waals surface area (Å²) in [6.07, 6.45) is 8.11. The lowest BCUT2D eigenvalue weighted by Gasteiger charge is -2.25. The van der Waals surface area contributed by atoms with E-state index in [-0.39, 0.29) is 18.2 Å². The van der Waals surface area contributed by atoms with Crippen LogP contribution in [0.25, 0.3) is 0 Å². The van der Waals surface area contributed by atoms with Crippen LogP contribution in [0.1, 0.15) is 64.5 Å². The third kappa shape index (κ3) is 4.17. The second-order valence-electron chi connectivity index (χ2n) is 8.52. The Bertz CT molecular complexity index is 1120. The fourth-order valence-electron chi connectivity index (χ4n) is 4.81. The van der Waals surface area contributed by atoms with Gasteiger partial charge in [-0.25, -0.2) is 14.8 Å². The minimum Gasteiger partial charge on any atom is -0.487 e. The highest BCUT2D eigenvalue weighted by Gasteiger charge is 2.29. The van der Waals surface area contributed by atoms with E-state index in [1.807, 2.05) is 24.3 Å². The van der Waals surface area contributed by atoms with Crippen LogP contribution in [-0.4, -0.2) is 27.6 Å². The first-order chi connectivity index (χ1) is 15.7. The monoisotopic (exact) mass is 429 g/mol. The number of fused-ring (bicyclic) bond motifs is 1. The molecule has 1 aliphatic heterocycles. The predicted molar refractivity (Wildman–Crippen MR) is 122 cm³/mol. The molecule has 1 saturated heterocycles. The van der Waals surface area contributed by atoms with Gasteiger partial charge < -0.3 is 14.7 Å². The van der Waals surface area contributed by atoms with Crippen LogP contribution in [0, 0.1) is 0 Å². The predicted octanol–water partition coefficient (Wildman–Crippen LogP) is 4.97. The van der Waals surface area contributed by atoms with Gasteiger partial charge in [-0.15, -0.1) is 0 Å². The molecular weight excluding hydrogens is 402 g/mol. The van der Waals surface area contributed by atoms with Crippen molar-refractivity contribution in [2.45, 2.75) is 51.2 Å². The summed E-state index contributed by atoms with van der Waals surface area (Å²) in [7, 11) is 0. The van der Waals surface area contributed by atoms with Gasteiger partial charge >= 0.3 is 5.97 Å². The Balaban J connectivity index is 1.39. The number of aromatic nitrogens is 2. The van der Waals surface area contributed by atoms with Crippen LogP contribution in [0.5, 0.6) is 5.75 Å². The Morgan fingerprint density at radius 3 is 2.69 bits per heavy atom. The van der Waals surface area contributed by atoms with Gasteiger partial charge in [0.15, 0.2) is 0 Å². The van der Waals surface area contributed by atoms with Crippen molar-refractivity contribution in [3.8, 4) is 5.75 Å². The maximum absolute atomic E-state index is 11.8. The lowest BCUT2D eigenvalue weighted by molar-refractivity contribution is 0.0692. The number of carboxylic acids is 1. The molecule has 5 rings (SSSR count). The first kappa shape index (κ1) is 20.5. The van der Waals surface area contributed by atoms with Crippen molar-refractivity contribution >= 4 is 11.9 Å². The largest absolute Gasteiger partial charge is 0.487 e. The number of aryl methyl sites for hydroxylation is 2. The molecule has 6 nitrogen and oxygen atoms in total. The number of carboxylic acid groups (broad SMARTS) is 1. The molecule has 1 unspecified atom stereocenters. The molecule has 0 radical (unpaired) electrons. The Labute approximate surface area is 187 Å². The summed E-state index contributed by atoms with van der Waals surface area (Å²) in [5.74, 6) is 0.275. The van der Waals surface area contributed by atoms with Crippen LogP contribution < -0.4 is 9.64 Å². The molecule has 32 heavy (non-hydrogen) atoms. The number of carbonyl (C=O) groups is 1. The highest BCUT2D eigenvalue weighted by Crippen LogP contribution is 2.34. The van der Waals surface area contributed by atoms with Crippen molar-refractivity contribution in [3.05, 3.63) is 82.7 Å². The number of ether oxygens (including phenoxy) is 1. The molecule has 0 amide bonds. The van der Waals surface area contributed by atoms with Crippen molar-refractivity contribution in [3.63, 3.8) is 0 Å². The maximum atomic E-state index is 11.8. The van der Waals surface area contributed by atoms with Crippen LogP contribution >= 0.6 is 0 Å². The van der Waals surface area contributed by atoms with E-state index in [1.54, 1.807) is 0 Å². The Morgan fingerprint density at radius 1 is 1.06 bits per heavy atom. The van der Waals surface area contributed by atoms with Gasteiger partial charge in [0.2, 0.25) is 5.95 Å². The summed E-state index contributed by atoms with van der Waals surface area (Å²) in [5.41, 5.74) is 4.43. The second kappa shape index (κ2) is 8.99. The normalized spacial score (nSPS) is 17.8. The molecule has 2 aromatic carbocycles. The summed E-state index contributed by atoms with van der Waals surface area (Å²) in [6.45, 7) is 0.941. The lowest BCUT2D eigenvalue weighted by Crippen LogP contribution is -2.26. The van der Waals surface area contributed by atoms with Gasteiger partial charge in [0, 0.05) is 12.7 Å². The standard InChI is InChI=1S/C26H27N3O3/c30-25(31)22-16-27-26(29-14-6-11-24(29)19-8-2-1-3-9-19)28-23(22)17-32-21-13-12-18-7-4-5-10-20(18)15-21/h1-3,8-9,12-13,15-16,24H,4-7,10-11,14,17H2,(H,30,31).